The zero-order chi connectivity index (χ0) is 20.9. The summed E-state index contributed by atoms with van der Waals surface area (Å²) in [4.78, 5) is 36.0. The number of carbonyl (C=O) groups excluding carboxylic acids is 2. The molecule has 2 aromatic rings. The predicted octanol–water partition coefficient (Wildman–Crippen LogP) is 2.94. The second-order valence-corrected chi connectivity index (χ2v) is 7.39. The maximum atomic E-state index is 12.6. The van der Waals surface area contributed by atoms with Gasteiger partial charge in [-0.05, 0) is 42.2 Å². The number of aliphatic carboxylic acids is 1. The number of benzene rings is 1. The maximum absolute atomic E-state index is 12.6. The molecule has 0 fully saturated rings. The molecule has 1 aromatic heterocycles. The molecule has 0 spiro atoms. The smallest absolute Gasteiger partial charge is 0.325 e. The van der Waals surface area contributed by atoms with E-state index in [0.29, 0.717) is 11.3 Å². The van der Waals surface area contributed by atoms with Crippen LogP contribution in [-0.2, 0) is 15.0 Å². The predicted molar refractivity (Wildman–Crippen MR) is 105 cm³/mol. The van der Waals surface area contributed by atoms with Crippen LogP contribution >= 0.6 is 0 Å². The van der Waals surface area contributed by atoms with Crippen LogP contribution in [0, 0.1) is 0 Å². The highest BCUT2D eigenvalue weighted by Gasteiger charge is 2.20. The largest absolute Gasteiger partial charge is 0.480 e. The van der Waals surface area contributed by atoms with E-state index in [1.807, 2.05) is 12.1 Å². The first-order chi connectivity index (χ1) is 13.1. The molecule has 0 aliphatic heterocycles. The van der Waals surface area contributed by atoms with Crippen molar-refractivity contribution in [2.24, 2.45) is 0 Å². The third-order valence-corrected chi connectivity index (χ3v) is 4.05. The van der Waals surface area contributed by atoms with E-state index in [-0.39, 0.29) is 11.1 Å². The van der Waals surface area contributed by atoms with Crippen molar-refractivity contribution in [2.75, 3.05) is 0 Å². The molecule has 0 bridgehead atoms. The molecule has 1 atom stereocenters. The summed E-state index contributed by atoms with van der Waals surface area (Å²) < 4.78 is 5.18. The number of furan rings is 1. The number of carboxylic acids is 1. The first-order valence-corrected chi connectivity index (χ1v) is 8.78. The van der Waals surface area contributed by atoms with Gasteiger partial charge in [-0.2, -0.15) is 0 Å². The first kappa shape index (κ1) is 21.0. The number of rotatable bonds is 6. The fraction of sp³-hybridized carbons (Fsp3) is 0.286. The van der Waals surface area contributed by atoms with E-state index in [4.69, 9.17) is 9.52 Å². The zero-order valence-electron chi connectivity index (χ0n) is 16.3. The molecular weight excluding hydrogens is 360 g/mol. The maximum Gasteiger partial charge on any atom is 0.325 e. The van der Waals surface area contributed by atoms with Gasteiger partial charge in [0.2, 0.25) is 0 Å². The third kappa shape index (κ3) is 5.57. The first-order valence-electron chi connectivity index (χ1n) is 8.78. The van der Waals surface area contributed by atoms with Crippen LogP contribution in [0.2, 0.25) is 0 Å². The molecule has 148 valence electrons. The van der Waals surface area contributed by atoms with Crippen LogP contribution in [0.15, 0.2) is 52.8 Å². The van der Waals surface area contributed by atoms with Gasteiger partial charge in [-0.3, -0.25) is 14.4 Å². The second-order valence-electron chi connectivity index (χ2n) is 7.39. The van der Waals surface area contributed by atoms with Gasteiger partial charge < -0.3 is 20.2 Å². The van der Waals surface area contributed by atoms with Crippen molar-refractivity contribution in [3.8, 4) is 0 Å². The molecule has 28 heavy (non-hydrogen) atoms. The highest BCUT2D eigenvalue weighted by Crippen LogP contribution is 2.22. The minimum Gasteiger partial charge on any atom is -0.480 e. The van der Waals surface area contributed by atoms with E-state index < -0.39 is 23.8 Å². The summed E-state index contributed by atoms with van der Waals surface area (Å²) in [5.41, 5.74) is 1.28. The van der Waals surface area contributed by atoms with Crippen molar-refractivity contribution in [3.63, 3.8) is 0 Å². The van der Waals surface area contributed by atoms with Crippen LogP contribution in [0.25, 0.3) is 6.08 Å². The van der Waals surface area contributed by atoms with E-state index in [1.165, 1.54) is 19.3 Å². The minimum absolute atomic E-state index is 0.0494. The van der Waals surface area contributed by atoms with E-state index in [9.17, 15) is 14.4 Å². The molecule has 0 saturated carbocycles. The van der Waals surface area contributed by atoms with Gasteiger partial charge in [0.1, 0.15) is 17.5 Å². The molecule has 3 N–H and O–H groups in total. The molecular formula is C21H24N2O5. The molecule has 1 heterocycles. The number of hydrogen-bond acceptors (Lipinski definition) is 4. The second kappa shape index (κ2) is 8.56. The lowest BCUT2D eigenvalue weighted by Gasteiger charge is -2.19. The third-order valence-electron chi connectivity index (χ3n) is 4.05. The fourth-order valence-corrected chi connectivity index (χ4v) is 2.33. The quantitative estimate of drug-likeness (QED) is 0.664. The van der Waals surface area contributed by atoms with Gasteiger partial charge in [0.05, 0.1) is 6.26 Å². The molecule has 0 saturated heterocycles. The highest BCUT2D eigenvalue weighted by molar-refractivity contribution is 6.05. The lowest BCUT2D eigenvalue weighted by atomic mass is 9.87. The van der Waals surface area contributed by atoms with Crippen molar-refractivity contribution in [2.45, 2.75) is 39.2 Å². The summed E-state index contributed by atoms with van der Waals surface area (Å²) >= 11 is 0. The van der Waals surface area contributed by atoms with Gasteiger partial charge in [-0.15, -0.1) is 0 Å². The summed E-state index contributed by atoms with van der Waals surface area (Å²) in [5, 5.41) is 13.8. The molecule has 2 amide bonds. The standard InChI is InChI=1S/C21H24N2O5/c1-13(20(26)27)22-19(25)17(12-16-6-5-11-28-16)23-18(24)14-7-9-15(10-8-14)21(2,3)4/h5-13H,1-4H3,(H,22,25)(H,23,24)(H,26,27). The van der Waals surface area contributed by atoms with Crippen molar-refractivity contribution in [1.82, 2.24) is 10.6 Å². The number of nitrogens with one attached hydrogen (secondary N) is 2. The minimum atomic E-state index is -1.19. The Morgan fingerprint density at radius 1 is 1.11 bits per heavy atom. The summed E-state index contributed by atoms with van der Waals surface area (Å²) in [6.07, 6.45) is 2.76. The Morgan fingerprint density at radius 2 is 1.75 bits per heavy atom. The van der Waals surface area contributed by atoms with Crippen molar-refractivity contribution < 1.29 is 23.9 Å². The van der Waals surface area contributed by atoms with Gasteiger partial charge in [0.25, 0.3) is 11.8 Å². The van der Waals surface area contributed by atoms with Crippen LogP contribution in [-0.4, -0.2) is 28.9 Å². The molecule has 0 aliphatic carbocycles. The van der Waals surface area contributed by atoms with Crippen LogP contribution < -0.4 is 10.6 Å². The van der Waals surface area contributed by atoms with Crippen molar-refractivity contribution in [3.05, 3.63) is 65.2 Å². The Morgan fingerprint density at radius 3 is 2.25 bits per heavy atom. The van der Waals surface area contributed by atoms with Gasteiger partial charge in [-0.1, -0.05) is 32.9 Å². The van der Waals surface area contributed by atoms with Crippen LogP contribution in [0.1, 0.15) is 49.4 Å². The normalized spacial score (nSPS) is 12.9. The molecule has 7 nitrogen and oxygen atoms in total. The number of amides is 2. The Balaban J connectivity index is 2.23. The number of carbonyl (C=O) groups is 3. The molecule has 2 rings (SSSR count). The van der Waals surface area contributed by atoms with E-state index in [1.54, 1.807) is 24.3 Å². The van der Waals surface area contributed by atoms with Gasteiger partial charge >= 0.3 is 5.97 Å². The number of hydrogen-bond donors (Lipinski definition) is 3. The number of carboxylic acid groups (broad SMARTS) is 1. The zero-order valence-corrected chi connectivity index (χ0v) is 16.3. The van der Waals surface area contributed by atoms with Crippen LogP contribution in [0.3, 0.4) is 0 Å². The molecule has 7 heteroatoms. The summed E-state index contributed by atoms with van der Waals surface area (Å²) in [7, 11) is 0. The summed E-state index contributed by atoms with van der Waals surface area (Å²) in [6, 6.07) is 9.20. The molecule has 1 unspecified atom stereocenters. The van der Waals surface area contributed by atoms with E-state index >= 15 is 0 Å². The average molecular weight is 384 g/mol. The topological polar surface area (TPSA) is 109 Å². The fourth-order valence-electron chi connectivity index (χ4n) is 2.33. The van der Waals surface area contributed by atoms with Gasteiger partial charge in [0.15, 0.2) is 0 Å². The summed E-state index contributed by atoms with van der Waals surface area (Å²) in [6.45, 7) is 7.54. The average Bonchev–Trinajstić information content (AvgIpc) is 3.13. The Labute approximate surface area is 163 Å². The Bertz CT molecular complexity index is 875. The van der Waals surface area contributed by atoms with Crippen LogP contribution in [0.5, 0.6) is 0 Å². The van der Waals surface area contributed by atoms with E-state index in [2.05, 4.69) is 31.4 Å². The van der Waals surface area contributed by atoms with Gasteiger partial charge in [0, 0.05) is 11.6 Å². The Kier molecular flexibility index (Phi) is 6.41. The lowest BCUT2D eigenvalue weighted by molar-refractivity contribution is -0.140. The molecule has 1 aromatic carbocycles. The lowest BCUT2D eigenvalue weighted by Crippen LogP contribution is -2.42. The summed E-state index contributed by atoms with van der Waals surface area (Å²) in [5.74, 6) is -2.06. The van der Waals surface area contributed by atoms with Gasteiger partial charge in [-0.25, -0.2) is 0 Å². The van der Waals surface area contributed by atoms with Crippen molar-refractivity contribution >= 4 is 23.9 Å². The van der Waals surface area contributed by atoms with Crippen LogP contribution in [0.4, 0.5) is 0 Å². The Hall–Kier alpha value is -3.35. The molecule has 0 radical (unpaired) electrons. The van der Waals surface area contributed by atoms with Crippen molar-refractivity contribution in [1.29, 1.82) is 0 Å². The van der Waals surface area contributed by atoms with E-state index in [0.717, 1.165) is 5.56 Å². The monoisotopic (exact) mass is 384 g/mol. The highest BCUT2D eigenvalue weighted by atomic mass is 16.4. The SMILES string of the molecule is CC(NC(=O)C(=Cc1ccco1)NC(=O)c1ccc(C(C)(C)C)cc1)C(=O)O. The molecule has 0 aliphatic rings.